The number of hydrogen-bond acceptors (Lipinski definition) is 3. The first-order chi connectivity index (χ1) is 16.0. The van der Waals surface area contributed by atoms with Crippen molar-refractivity contribution in [3.05, 3.63) is 95.9 Å². The van der Waals surface area contributed by atoms with E-state index in [0.717, 1.165) is 0 Å². The van der Waals surface area contributed by atoms with E-state index in [9.17, 15) is 34.9 Å². The molecule has 0 aromatic heterocycles. The lowest BCUT2D eigenvalue weighted by Crippen LogP contribution is -3.61. The van der Waals surface area contributed by atoms with Crippen LogP contribution in [0.15, 0.2) is 53.4 Å². The summed E-state index contributed by atoms with van der Waals surface area (Å²) < 4.78 is 95.9. The number of rotatable bonds is 7. The standard InChI is InChI=1S/C18H22I.C6HF5O3S/c1-3-5-15-7-11-17(12-8-15)19-18-13-9-16(6-4-2)10-14-18;7-1-2(8)4(10)6(15(12,13)14)5(11)3(1)9/h7-14H,3-6H2,1-2H3;(H,12,13,14)/q+1;/p-1. The Kier molecular flexibility index (Phi) is 10.4. The molecular weight excluding hydrogens is 590 g/mol. The van der Waals surface area contributed by atoms with Crippen LogP contribution in [-0.4, -0.2) is 13.0 Å². The second-order valence-electron chi connectivity index (χ2n) is 7.20. The average Bonchev–Trinajstić information content (AvgIpc) is 2.79. The van der Waals surface area contributed by atoms with Gasteiger partial charge in [0.1, 0.15) is 15.0 Å². The lowest BCUT2D eigenvalue weighted by molar-refractivity contribution is -0.597. The fourth-order valence-electron chi connectivity index (χ4n) is 2.94. The molecule has 0 amide bonds. The molecule has 0 saturated heterocycles. The van der Waals surface area contributed by atoms with E-state index >= 15 is 0 Å². The van der Waals surface area contributed by atoms with Crippen molar-refractivity contribution in [2.75, 3.05) is 0 Å². The van der Waals surface area contributed by atoms with E-state index in [1.165, 1.54) is 44.0 Å². The monoisotopic (exact) mass is 612 g/mol. The minimum Gasteiger partial charge on any atom is -0.744 e. The molecule has 10 heteroatoms. The Hall–Kier alpha value is -2.05. The summed E-state index contributed by atoms with van der Waals surface area (Å²) in [4.78, 5) is -2.38. The van der Waals surface area contributed by atoms with Crippen molar-refractivity contribution in [1.82, 2.24) is 0 Å². The van der Waals surface area contributed by atoms with Gasteiger partial charge in [0.15, 0.2) is 30.4 Å². The predicted octanol–water partition coefficient (Wildman–Crippen LogP) is 3.01. The van der Waals surface area contributed by atoms with Crippen molar-refractivity contribution in [2.24, 2.45) is 0 Å². The van der Waals surface area contributed by atoms with E-state index in [1.54, 1.807) is 0 Å². The molecule has 0 N–H and O–H groups in total. The molecule has 34 heavy (non-hydrogen) atoms. The normalized spacial score (nSPS) is 11.2. The summed E-state index contributed by atoms with van der Waals surface area (Å²) in [5, 5.41) is 0. The van der Waals surface area contributed by atoms with Gasteiger partial charge in [-0.1, -0.05) is 51.0 Å². The first-order valence-electron chi connectivity index (χ1n) is 10.3. The molecular formula is C24H22F5IO3S. The van der Waals surface area contributed by atoms with Crippen molar-refractivity contribution in [3.63, 3.8) is 0 Å². The zero-order valence-electron chi connectivity index (χ0n) is 18.3. The van der Waals surface area contributed by atoms with Gasteiger partial charge in [-0.05, 0) is 48.2 Å². The summed E-state index contributed by atoms with van der Waals surface area (Å²) in [5.74, 6) is -12.8. The molecule has 0 unspecified atom stereocenters. The Bertz CT molecular complexity index is 1140. The summed E-state index contributed by atoms with van der Waals surface area (Å²) in [6, 6.07) is 18.5. The maximum Gasteiger partial charge on any atom is 0.357 e. The van der Waals surface area contributed by atoms with Crippen LogP contribution in [0.5, 0.6) is 0 Å². The predicted molar refractivity (Wildman–Crippen MR) is 112 cm³/mol. The van der Waals surface area contributed by atoms with Gasteiger partial charge < -0.3 is 4.55 Å². The topological polar surface area (TPSA) is 57.2 Å². The quantitative estimate of drug-likeness (QED) is 0.136. The molecule has 3 nitrogen and oxygen atoms in total. The third kappa shape index (κ3) is 7.47. The van der Waals surface area contributed by atoms with Crippen LogP contribution in [0.2, 0.25) is 0 Å². The van der Waals surface area contributed by atoms with Crippen LogP contribution in [0.4, 0.5) is 22.0 Å². The number of hydrogen-bond donors (Lipinski definition) is 0. The van der Waals surface area contributed by atoms with E-state index in [2.05, 4.69) is 62.4 Å². The van der Waals surface area contributed by atoms with E-state index in [-0.39, 0.29) is 21.2 Å². The van der Waals surface area contributed by atoms with E-state index in [1.807, 2.05) is 0 Å². The minimum absolute atomic E-state index is 0.0164. The Morgan fingerprint density at radius 1 is 0.647 bits per heavy atom. The molecule has 3 aromatic carbocycles. The van der Waals surface area contributed by atoms with Crippen LogP contribution in [0.1, 0.15) is 37.8 Å². The highest BCUT2D eigenvalue weighted by Crippen LogP contribution is 2.26. The van der Waals surface area contributed by atoms with Crippen molar-refractivity contribution < 1.29 is 56.1 Å². The minimum atomic E-state index is -5.77. The molecule has 0 aliphatic carbocycles. The number of benzene rings is 3. The van der Waals surface area contributed by atoms with Gasteiger partial charge >= 0.3 is 21.2 Å². The molecule has 0 aliphatic heterocycles. The van der Waals surface area contributed by atoms with Gasteiger partial charge in [-0.25, -0.2) is 30.4 Å². The molecule has 0 atom stereocenters. The Labute approximate surface area is 206 Å². The largest absolute Gasteiger partial charge is 0.744 e. The van der Waals surface area contributed by atoms with Gasteiger partial charge in [0.25, 0.3) is 0 Å². The Morgan fingerprint density at radius 2 is 0.971 bits per heavy atom. The van der Waals surface area contributed by atoms with Crippen LogP contribution in [0.3, 0.4) is 0 Å². The molecule has 184 valence electrons. The summed E-state index contributed by atoms with van der Waals surface area (Å²) in [7, 11) is -5.77. The maximum atomic E-state index is 12.6. The van der Waals surface area contributed by atoms with E-state index < -0.39 is 44.1 Å². The SMILES string of the molecule is CCCc1ccc([I+]c2ccc(CCC)cc2)cc1.O=S(=O)([O-])c1c(F)c(F)c(F)c(F)c1F. The fraction of sp³-hybridized carbons (Fsp3) is 0.250. The van der Waals surface area contributed by atoms with Crippen molar-refractivity contribution in [3.8, 4) is 0 Å². The summed E-state index contributed by atoms with van der Waals surface area (Å²) >= 11 is -0.0164. The molecule has 3 aromatic rings. The van der Waals surface area contributed by atoms with Crippen molar-refractivity contribution in [2.45, 2.75) is 44.4 Å². The Morgan fingerprint density at radius 3 is 1.26 bits per heavy atom. The highest BCUT2D eigenvalue weighted by Gasteiger charge is 2.28. The summed E-state index contributed by atoms with van der Waals surface area (Å²) in [6.07, 6.45) is 4.86. The molecule has 0 saturated carbocycles. The molecule has 0 heterocycles. The highest BCUT2D eigenvalue weighted by atomic mass is 127. The Balaban J connectivity index is 0.000000248. The van der Waals surface area contributed by atoms with Crippen LogP contribution in [0.25, 0.3) is 0 Å². The second-order valence-corrected chi connectivity index (χ2v) is 11.5. The molecule has 3 rings (SSSR count). The number of halogens is 6. The molecule has 0 aliphatic rings. The number of aryl methyl sites for hydroxylation is 2. The molecule has 0 spiro atoms. The van der Waals surface area contributed by atoms with Crippen molar-refractivity contribution >= 4 is 10.1 Å². The first kappa shape index (κ1) is 28.2. The summed E-state index contributed by atoms with van der Waals surface area (Å²) in [6.45, 7) is 4.47. The van der Waals surface area contributed by atoms with Crippen LogP contribution in [0, 0.1) is 36.2 Å². The van der Waals surface area contributed by atoms with Gasteiger partial charge in [-0.2, -0.15) is 0 Å². The first-order valence-corrected chi connectivity index (χ1v) is 13.9. The van der Waals surface area contributed by atoms with Crippen molar-refractivity contribution in [1.29, 1.82) is 0 Å². The summed E-state index contributed by atoms with van der Waals surface area (Å²) in [5.41, 5.74) is 2.93. The third-order valence-electron chi connectivity index (χ3n) is 4.54. The van der Waals surface area contributed by atoms with Gasteiger partial charge in [0.2, 0.25) is 5.82 Å². The molecule has 0 radical (unpaired) electrons. The second kappa shape index (κ2) is 12.6. The van der Waals surface area contributed by atoms with E-state index in [0.29, 0.717) is 0 Å². The van der Waals surface area contributed by atoms with Crippen LogP contribution >= 0.6 is 0 Å². The van der Waals surface area contributed by atoms with Gasteiger partial charge in [0, 0.05) is 0 Å². The van der Waals surface area contributed by atoms with Gasteiger partial charge in [-0.3, -0.25) is 0 Å². The average molecular weight is 612 g/mol. The van der Waals surface area contributed by atoms with Gasteiger partial charge in [-0.15, -0.1) is 0 Å². The fourth-order valence-corrected chi connectivity index (χ4v) is 5.71. The van der Waals surface area contributed by atoms with Crippen LogP contribution < -0.4 is 21.2 Å². The zero-order chi connectivity index (χ0) is 25.5. The van der Waals surface area contributed by atoms with E-state index in [4.69, 9.17) is 0 Å². The smallest absolute Gasteiger partial charge is 0.357 e. The highest BCUT2D eigenvalue weighted by molar-refractivity contribution is 7.85. The lowest BCUT2D eigenvalue weighted by atomic mass is 10.1. The third-order valence-corrected chi connectivity index (χ3v) is 8.08. The molecule has 0 fully saturated rings. The zero-order valence-corrected chi connectivity index (χ0v) is 21.3. The van der Waals surface area contributed by atoms with Gasteiger partial charge in [0.05, 0.1) is 0 Å². The molecule has 0 bridgehead atoms. The lowest BCUT2D eigenvalue weighted by Gasteiger charge is -2.10. The van der Waals surface area contributed by atoms with Crippen LogP contribution in [-0.2, 0) is 23.0 Å². The maximum absolute atomic E-state index is 12.6.